The first-order chi connectivity index (χ1) is 10.2. The summed E-state index contributed by atoms with van der Waals surface area (Å²) in [6.07, 6.45) is 1.90. The molecule has 0 spiro atoms. The number of nitrogens with one attached hydrogen (secondary N) is 2. The maximum Gasteiger partial charge on any atom is 0.195 e. The number of thioether (sulfide) groups is 1. The first kappa shape index (κ1) is 17.2. The first-order valence-electron chi connectivity index (χ1n) is 6.63. The van der Waals surface area contributed by atoms with E-state index in [4.69, 9.17) is 9.47 Å². The van der Waals surface area contributed by atoms with E-state index in [0.29, 0.717) is 11.5 Å². The SMILES string of the molecule is C=CCSCCNC(=NC)Nc1ccc(OC)c(OC)c1. The van der Waals surface area contributed by atoms with Crippen molar-refractivity contribution in [2.24, 2.45) is 4.99 Å². The summed E-state index contributed by atoms with van der Waals surface area (Å²) < 4.78 is 10.5. The van der Waals surface area contributed by atoms with E-state index in [2.05, 4.69) is 22.2 Å². The Kier molecular flexibility index (Phi) is 8.19. The molecular weight excluding hydrogens is 286 g/mol. The molecule has 1 aromatic carbocycles. The molecule has 6 heteroatoms. The van der Waals surface area contributed by atoms with Gasteiger partial charge in [0, 0.05) is 36.9 Å². The third kappa shape index (κ3) is 5.99. The topological polar surface area (TPSA) is 54.9 Å². The molecule has 0 saturated carbocycles. The maximum absolute atomic E-state index is 5.28. The molecule has 21 heavy (non-hydrogen) atoms. The van der Waals surface area contributed by atoms with Crippen LogP contribution in [0.1, 0.15) is 0 Å². The monoisotopic (exact) mass is 309 g/mol. The Morgan fingerprint density at radius 2 is 2.10 bits per heavy atom. The van der Waals surface area contributed by atoms with Crippen LogP contribution in [0, 0.1) is 0 Å². The largest absolute Gasteiger partial charge is 0.493 e. The zero-order valence-electron chi connectivity index (χ0n) is 12.8. The van der Waals surface area contributed by atoms with Crippen LogP contribution >= 0.6 is 11.8 Å². The smallest absolute Gasteiger partial charge is 0.195 e. The van der Waals surface area contributed by atoms with Crippen molar-refractivity contribution in [3.05, 3.63) is 30.9 Å². The number of nitrogens with zero attached hydrogens (tertiary/aromatic N) is 1. The van der Waals surface area contributed by atoms with Gasteiger partial charge in [0.05, 0.1) is 14.2 Å². The second kappa shape index (κ2) is 9.99. The van der Waals surface area contributed by atoms with Crippen LogP contribution in [0.5, 0.6) is 11.5 Å². The Hall–Kier alpha value is -1.82. The number of methoxy groups -OCH3 is 2. The molecule has 0 bridgehead atoms. The molecule has 1 aromatic rings. The molecule has 0 saturated heterocycles. The second-order valence-electron chi connectivity index (χ2n) is 4.06. The number of hydrogen-bond acceptors (Lipinski definition) is 4. The van der Waals surface area contributed by atoms with Gasteiger partial charge in [0.25, 0.3) is 0 Å². The van der Waals surface area contributed by atoms with Gasteiger partial charge in [-0.15, -0.1) is 6.58 Å². The summed E-state index contributed by atoms with van der Waals surface area (Å²) in [5, 5.41) is 6.47. The van der Waals surface area contributed by atoms with Gasteiger partial charge >= 0.3 is 0 Å². The van der Waals surface area contributed by atoms with E-state index >= 15 is 0 Å². The molecule has 1 rings (SSSR count). The lowest BCUT2D eigenvalue weighted by molar-refractivity contribution is 0.355. The molecule has 0 unspecified atom stereocenters. The van der Waals surface area contributed by atoms with Crippen LogP contribution in [-0.2, 0) is 0 Å². The fraction of sp³-hybridized carbons (Fsp3) is 0.400. The highest BCUT2D eigenvalue weighted by Crippen LogP contribution is 2.29. The molecule has 0 fully saturated rings. The van der Waals surface area contributed by atoms with Crippen molar-refractivity contribution in [1.29, 1.82) is 0 Å². The molecule has 116 valence electrons. The molecule has 0 aromatic heterocycles. The minimum atomic E-state index is 0.680. The molecule has 0 atom stereocenters. The number of anilines is 1. The van der Waals surface area contributed by atoms with Crippen molar-refractivity contribution in [3.8, 4) is 11.5 Å². The molecule has 0 aliphatic rings. The van der Waals surface area contributed by atoms with E-state index in [0.717, 1.165) is 29.7 Å². The fourth-order valence-corrected chi connectivity index (χ4v) is 2.22. The summed E-state index contributed by atoms with van der Waals surface area (Å²) in [4.78, 5) is 4.19. The summed E-state index contributed by atoms with van der Waals surface area (Å²) in [6, 6.07) is 5.65. The standard InChI is InChI=1S/C15H23N3O2S/c1-5-9-21-10-8-17-15(16-2)18-12-6-7-13(19-3)14(11-12)20-4/h5-7,11H,1,8-10H2,2-4H3,(H2,16,17,18). The van der Waals surface area contributed by atoms with Crippen molar-refractivity contribution in [2.45, 2.75) is 0 Å². The highest BCUT2D eigenvalue weighted by Gasteiger charge is 2.05. The number of rotatable bonds is 8. The Balaban J connectivity index is 2.55. The number of aliphatic imine (C=N–C) groups is 1. The van der Waals surface area contributed by atoms with Crippen LogP contribution in [0.3, 0.4) is 0 Å². The summed E-state index contributed by atoms with van der Waals surface area (Å²) in [5.41, 5.74) is 0.888. The van der Waals surface area contributed by atoms with Crippen LogP contribution < -0.4 is 20.1 Å². The van der Waals surface area contributed by atoms with Crippen LogP contribution in [-0.4, -0.2) is 45.3 Å². The van der Waals surface area contributed by atoms with Gasteiger partial charge in [0.1, 0.15) is 0 Å². The first-order valence-corrected chi connectivity index (χ1v) is 7.79. The summed E-state index contributed by atoms with van der Waals surface area (Å²) in [5.74, 6) is 4.06. The van der Waals surface area contributed by atoms with E-state index < -0.39 is 0 Å². The summed E-state index contributed by atoms with van der Waals surface area (Å²) in [6.45, 7) is 4.54. The van der Waals surface area contributed by atoms with E-state index in [1.54, 1.807) is 21.3 Å². The van der Waals surface area contributed by atoms with Crippen molar-refractivity contribution < 1.29 is 9.47 Å². The molecule has 0 amide bonds. The van der Waals surface area contributed by atoms with Gasteiger partial charge in [-0.3, -0.25) is 4.99 Å². The Morgan fingerprint density at radius 1 is 1.33 bits per heavy atom. The lowest BCUT2D eigenvalue weighted by Gasteiger charge is -2.13. The lowest BCUT2D eigenvalue weighted by Crippen LogP contribution is -2.32. The van der Waals surface area contributed by atoms with Crippen molar-refractivity contribution >= 4 is 23.4 Å². The average molecular weight is 309 g/mol. The highest BCUT2D eigenvalue weighted by molar-refractivity contribution is 7.99. The molecular formula is C15H23N3O2S. The van der Waals surface area contributed by atoms with Gasteiger partial charge < -0.3 is 20.1 Å². The van der Waals surface area contributed by atoms with Crippen molar-refractivity contribution in [1.82, 2.24) is 5.32 Å². The third-order valence-corrected chi connectivity index (χ3v) is 3.61. The van der Waals surface area contributed by atoms with Crippen LogP contribution in [0.4, 0.5) is 5.69 Å². The van der Waals surface area contributed by atoms with Gasteiger partial charge in [0.15, 0.2) is 17.5 Å². The van der Waals surface area contributed by atoms with Gasteiger partial charge in [0.2, 0.25) is 0 Å². The van der Waals surface area contributed by atoms with Gasteiger partial charge in [-0.1, -0.05) is 6.08 Å². The van der Waals surface area contributed by atoms with E-state index in [9.17, 15) is 0 Å². The number of benzene rings is 1. The van der Waals surface area contributed by atoms with Gasteiger partial charge in [-0.2, -0.15) is 11.8 Å². The van der Waals surface area contributed by atoms with Crippen LogP contribution in [0.25, 0.3) is 0 Å². The Morgan fingerprint density at radius 3 is 2.71 bits per heavy atom. The molecule has 2 N–H and O–H groups in total. The summed E-state index contributed by atoms with van der Waals surface area (Å²) in [7, 11) is 4.98. The quantitative estimate of drug-likeness (QED) is 0.335. The Bertz CT molecular complexity index is 478. The Labute approximate surface area is 130 Å². The number of ether oxygens (including phenoxy) is 2. The molecule has 0 heterocycles. The number of guanidine groups is 1. The van der Waals surface area contributed by atoms with Crippen LogP contribution in [0.2, 0.25) is 0 Å². The minimum absolute atomic E-state index is 0.680. The molecule has 0 radical (unpaired) electrons. The minimum Gasteiger partial charge on any atom is -0.493 e. The van der Waals surface area contributed by atoms with Gasteiger partial charge in [-0.25, -0.2) is 0 Å². The molecule has 0 aliphatic carbocycles. The van der Waals surface area contributed by atoms with Gasteiger partial charge in [-0.05, 0) is 12.1 Å². The molecule has 0 aliphatic heterocycles. The predicted molar refractivity (Wildman–Crippen MR) is 92.1 cm³/mol. The van der Waals surface area contributed by atoms with Crippen LogP contribution in [0.15, 0.2) is 35.8 Å². The van der Waals surface area contributed by atoms with E-state index in [-0.39, 0.29) is 0 Å². The zero-order chi connectivity index (χ0) is 15.5. The average Bonchev–Trinajstić information content (AvgIpc) is 2.53. The van der Waals surface area contributed by atoms with E-state index in [1.165, 1.54) is 0 Å². The maximum atomic E-state index is 5.28. The zero-order valence-corrected chi connectivity index (χ0v) is 13.6. The van der Waals surface area contributed by atoms with Crippen molar-refractivity contribution in [3.63, 3.8) is 0 Å². The normalized spacial score (nSPS) is 10.9. The molecule has 5 nitrogen and oxygen atoms in total. The second-order valence-corrected chi connectivity index (χ2v) is 5.21. The lowest BCUT2D eigenvalue weighted by atomic mass is 10.3. The highest BCUT2D eigenvalue weighted by atomic mass is 32.2. The number of hydrogen-bond donors (Lipinski definition) is 2. The predicted octanol–water partition coefficient (Wildman–Crippen LogP) is 2.61. The summed E-state index contributed by atoms with van der Waals surface area (Å²) >= 11 is 1.82. The van der Waals surface area contributed by atoms with E-state index in [1.807, 2.05) is 36.0 Å². The fourth-order valence-electron chi connectivity index (χ4n) is 1.64. The third-order valence-electron chi connectivity index (χ3n) is 2.64. The van der Waals surface area contributed by atoms with Crippen molar-refractivity contribution in [2.75, 3.05) is 44.6 Å².